The smallest absolute Gasteiger partial charge is 0.222 e. The second kappa shape index (κ2) is 4.00. The second-order valence-corrected chi connectivity index (χ2v) is 4.93. The summed E-state index contributed by atoms with van der Waals surface area (Å²) in [5.74, 6) is 0. The van der Waals surface area contributed by atoms with Gasteiger partial charge in [0.2, 0.25) is 10.9 Å². The molecule has 0 unspecified atom stereocenters. The van der Waals surface area contributed by atoms with Crippen molar-refractivity contribution in [2.24, 2.45) is 0 Å². The van der Waals surface area contributed by atoms with Crippen molar-refractivity contribution in [1.82, 2.24) is 0 Å². The SMILES string of the molecule is CC(C)(C)c1ccc(N[SH](=O)=O)cc1. The van der Waals surface area contributed by atoms with Gasteiger partial charge >= 0.3 is 0 Å². The highest BCUT2D eigenvalue weighted by Gasteiger charge is 2.12. The van der Waals surface area contributed by atoms with Crippen LogP contribution >= 0.6 is 0 Å². The third-order valence-corrected chi connectivity index (χ3v) is 2.41. The summed E-state index contributed by atoms with van der Waals surface area (Å²) in [5.41, 5.74) is 1.89. The lowest BCUT2D eigenvalue weighted by atomic mass is 9.87. The summed E-state index contributed by atoms with van der Waals surface area (Å²) >= 11 is 0. The molecule has 14 heavy (non-hydrogen) atoms. The molecular formula is C10H15NO2S. The lowest BCUT2D eigenvalue weighted by Crippen LogP contribution is -2.10. The summed E-state index contributed by atoms with van der Waals surface area (Å²) in [6, 6.07) is 7.40. The molecule has 1 aromatic rings. The van der Waals surface area contributed by atoms with Gasteiger partial charge in [0, 0.05) is 5.69 Å². The van der Waals surface area contributed by atoms with Crippen molar-refractivity contribution >= 4 is 16.6 Å². The van der Waals surface area contributed by atoms with E-state index in [9.17, 15) is 8.42 Å². The minimum Gasteiger partial charge on any atom is -0.286 e. The van der Waals surface area contributed by atoms with Crippen molar-refractivity contribution in [3.63, 3.8) is 0 Å². The zero-order valence-electron chi connectivity index (χ0n) is 8.57. The Morgan fingerprint density at radius 3 is 1.93 bits per heavy atom. The molecule has 0 aliphatic rings. The van der Waals surface area contributed by atoms with Crippen molar-refractivity contribution in [2.45, 2.75) is 26.2 Å². The van der Waals surface area contributed by atoms with Crippen molar-refractivity contribution in [3.8, 4) is 0 Å². The van der Waals surface area contributed by atoms with Crippen LogP contribution in [0, 0.1) is 0 Å². The average molecular weight is 213 g/mol. The van der Waals surface area contributed by atoms with Crippen molar-refractivity contribution in [1.29, 1.82) is 0 Å². The minimum atomic E-state index is -2.56. The number of hydrogen-bond donors (Lipinski definition) is 2. The van der Waals surface area contributed by atoms with E-state index in [1.807, 2.05) is 12.1 Å². The third kappa shape index (κ3) is 3.03. The number of thiol groups is 1. The fraction of sp³-hybridized carbons (Fsp3) is 0.400. The van der Waals surface area contributed by atoms with Gasteiger partial charge in [-0.25, -0.2) is 8.42 Å². The van der Waals surface area contributed by atoms with E-state index in [2.05, 4.69) is 25.5 Å². The van der Waals surface area contributed by atoms with Crippen LogP contribution in [0.15, 0.2) is 24.3 Å². The maximum absolute atomic E-state index is 10.4. The molecule has 78 valence electrons. The number of nitrogens with one attached hydrogen (secondary N) is 1. The van der Waals surface area contributed by atoms with Gasteiger partial charge in [0.1, 0.15) is 0 Å². The highest BCUT2D eigenvalue weighted by Crippen LogP contribution is 2.23. The number of rotatable bonds is 2. The van der Waals surface area contributed by atoms with Gasteiger partial charge in [0.15, 0.2) is 0 Å². The number of benzene rings is 1. The first-order valence-corrected chi connectivity index (χ1v) is 5.59. The Kier molecular flexibility index (Phi) is 3.16. The van der Waals surface area contributed by atoms with E-state index >= 15 is 0 Å². The van der Waals surface area contributed by atoms with Gasteiger partial charge < -0.3 is 0 Å². The fourth-order valence-electron chi connectivity index (χ4n) is 1.15. The van der Waals surface area contributed by atoms with Crippen LogP contribution in [-0.4, -0.2) is 8.42 Å². The molecule has 0 bridgehead atoms. The van der Waals surface area contributed by atoms with Gasteiger partial charge in [0.25, 0.3) is 0 Å². The molecule has 0 fully saturated rings. The summed E-state index contributed by atoms with van der Waals surface area (Å²) in [6.07, 6.45) is 0. The lowest BCUT2D eigenvalue weighted by molar-refractivity contribution is 0.590. The van der Waals surface area contributed by atoms with Crippen LogP contribution in [0.2, 0.25) is 0 Å². The first kappa shape index (κ1) is 11.0. The maximum Gasteiger partial charge on any atom is 0.222 e. The van der Waals surface area contributed by atoms with Gasteiger partial charge in [-0.2, -0.15) is 0 Å². The fourth-order valence-corrected chi connectivity index (χ4v) is 1.51. The summed E-state index contributed by atoms with van der Waals surface area (Å²) in [6.45, 7) is 6.34. The van der Waals surface area contributed by atoms with Gasteiger partial charge in [0.05, 0.1) is 0 Å². The molecule has 0 aromatic heterocycles. The van der Waals surface area contributed by atoms with E-state index in [1.165, 1.54) is 5.56 Å². The average Bonchev–Trinajstić information content (AvgIpc) is 2.02. The van der Waals surface area contributed by atoms with E-state index in [4.69, 9.17) is 0 Å². The Morgan fingerprint density at radius 1 is 1.07 bits per heavy atom. The first-order chi connectivity index (χ1) is 6.39. The van der Waals surface area contributed by atoms with E-state index in [1.54, 1.807) is 12.1 Å². The molecule has 0 aliphatic heterocycles. The molecule has 0 heterocycles. The molecule has 0 atom stereocenters. The Hall–Kier alpha value is -1.03. The molecule has 1 N–H and O–H groups in total. The van der Waals surface area contributed by atoms with Crippen molar-refractivity contribution in [2.75, 3.05) is 4.72 Å². The first-order valence-electron chi connectivity index (χ1n) is 4.41. The van der Waals surface area contributed by atoms with Crippen LogP contribution in [0.25, 0.3) is 0 Å². The molecule has 0 aliphatic carbocycles. The van der Waals surface area contributed by atoms with Gasteiger partial charge in [-0.05, 0) is 23.1 Å². The van der Waals surface area contributed by atoms with Crippen LogP contribution in [0.3, 0.4) is 0 Å². The predicted molar refractivity (Wildman–Crippen MR) is 59.1 cm³/mol. The summed E-state index contributed by atoms with van der Waals surface area (Å²) < 4.78 is 23.1. The van der Waals surface area contributed by atoms with E-state index < -0.39 is 10.9 Å². The van der Waals surface area contributed by atoms with Crippen LogP contribution in [-0.2, 0) is 16.3 Å². The van der Waals surface area contributed by atoms with Crippen LogP contribution < -0.4 is 4.72 Å². The Morgan fingerprint density at radius 2 is 1.57 bits per heavy atom. The zero-order valence-corrected chi connectivity index (χ0v) is 9.47. The molecule has 0 saturated carbocycles. The van der Waals surface area contributed by atoms with Gasteiger partial charge in [-0.3, -0.25) is 4.72 Å². The molecule has 0 amide bonds. The Balaban J connectivity index is 2.89. The van der Waals surface area contributed by atoms with Crippen LogP contribution in [0.4, 0.5) is 5.69 Å². The largest absolute Gasteiger partial charge is 0.286 e. The highest BCUT2D eigenvalue weighted by molar-refractivity contribution is 7.73. The zero-order chi connectivity index (χ0) is 10.8. The molecule has 3 nitrogen and oxygen atoms in total. The second-order valence-electron chi connectivity index (χ2n) is 4.20. The highest BCUT2D eigenvalue weighted by atomic mass is 32.2. The molecule has 1 aromatic carbocycles. The summed E-state index contributed by atoms with van der Waals surface area (Å²) in [7, 11) is -2.56. The quantitative estimate of drug-likeness (QED) is 0.737. The van der Waals surface area contributed by atoms with Crippen molar-refractivity contribution in [3.05, 3.63) is 29.8 Å². The maximum atomic E-state index is 10.4. The number of anilines is 1. The summed E-state index contributed by atoms with van der Waals surface area (Å²) in [4.78, 5) is 0. The molecule has 0 radical (unpaired) electrons. The number of hydrogen-bond acceptors (Lipinski definition) is 2. The van der Waals surface area contributed by atoms with Crippen molar-refractivity contribution < 1.29 is 8.42 Å². The normalized spacial score (nSPS) is 11.7. The van der Waals surface area contributed by atoms with Gasteiger partial charge in [-0.1, -0.05) is 32.9 Å². The van der Waals surface area contributed by atoms with E-state index in [0.29, 0.717) is 5.69 Å². The molecule has 0 spiro atoms. The summed E-state index contributed by atoms with van der Waals surface area (Å²) in [5, 5.41) is 0. The van der Waals surface area contributed by atoms with Crippen LogP contribution in [0.5, 0.6) is 0 Å². The molecular weight excluding hydrogens is 198 g/mol. The standard InChI is InChI=1S/C10H15NO2S/c1-10(2,3)8-4-6-9(7-5-8)11-14(12)13/h4-7,14H,1-3H3,(H,11,12,13). The Bertz CT molecular complexity index is 366. The minimum absolute atomic E-state index is 0.0954. The monoisotopic (exact) mass is 213 g/mol. The van der Waals surface area contributed by atoms with Gasteiger partial charge in [-0.15, -0.1) is 0 Å². The lowest BCUT2D eigenvalue weighted by Gasteiger charge is -2.18. The van der Waals surface area contributed by atoms with E-state index in [0.717, 1.165) is 0 Å². The molecule has 4 heteroatoms. The topological polar surface area (TPSA) is 46.2 Å². The predicted octanol–water partition coefficient (Wildman–Crippen LogP) is 1.92. The third-order valence-electron chi connectivity index (χ3n) is 1.97. The van der Waals surface area contributed by atoms with Crippen LogP contribution in [0.1, 0.15) is 26.3 Å². The molecule has 0 saturated heterocycles. The molecule has 1 rings (SSSR count). The van der Waals surface area contributed by atoms with E-state index in [-0.39, 0.29) is 5.41 Å². The Labute approximate surface area is 86.2 Å².